The molecule has 0 aliphatic heterocycles. The molecule has 1 amide bonds. The molecule has 33 heavy (non-hydrogen) atoms. The van der Waals surface area contributed by atoms with Crippen LogP contribution in [0.15, 0.2) is 58.4 Å². The standard InChI is InChI=1S/C23H22N6O4/c1-4-29-19-18(21(31)28-23(29)32)16(12-17(27-19)13(2)3)20(30)26-14-6-8-15(9-7-14)33-22-24-10-5-11-25-22/h5-13H,4H2,1-3H3,(H,26,30)(H,28,31,32). The summed E-state index contributed by atoms with van der Waals surface area (Å²) in [7, 11) is 0. The molecule has 2 N–H and O–H groups in total. The van der Waals surface area contributed by atoms with E-state index in [9.17, 15) is 14.4 Å². The summed E-state index contributed by atoms with van der Waals surface area (Å²) in [5.74, 6) is -0.00694. The van der Waals surface area contributed by atoms with E-state index in [-0.39, 0.29) is 28.5 Å². The van der Waals surface area contributed by atoms with Crippen molar-refractivity contribution in [2.45, 2.75) is 33.2 Å². The fourth-order valence-electron chi connectivity index (χ4n) is 3.31. The minimum atomic E-state index is -0.653. The summed E-state index contributed by atoms with van der Waals surface area (Å²) in [5, 5.41) is 2.86. The van der Waals surface area contributed by atoms with Crippen LogP contribution in [0, 0.1) is 0 Å². The van der Waals surface area contributed by atoms with Crippen molar-refractivity contribution in [3.05, 3.63) is 80.9 Å². The van der Waals surface area contributed by atoms with Gasteiger partial charge in [0.15, 0.2) is 5.65 Å². The van der Waals surface area contributed by atoms with E-state index >= 15 is 0 Å². The van der Waals surface area contributed by atoms with Crippen molar-refractivity contribution < 1.29 is 9.53 Å². The molecule has 3 aromatic heterocycles. The van der Waals surface area contributed by atoms with Crippen LogP contribution in [0.4, 0.5) is 5.69 Å². The zero-order valence-corrected chi connectivity index (χ0v) is 18.3. The third kappa shape index (κ3) is 4.49. The molecule has 1 aromatic carbocycles. The Hall–Kier alpha value is -4.34. The van der Waals surface area contributed by atoms with Gasteiger partial charge in [-0.2, -0.15) is 0 Å². The van der Waals surface area contributed by atoms with Gasteiger partial charge in [0.25, 0.3) is 11.5 Å². The van der Waals surface area contributed by atoms with Crippen molar-refractivity contribution in [1.82, 2.24) is 24.5 Å². The van der Waals surface area contributed by atoms with Gasteiger partial charge in [-0.25, -0.2) is 19.7 Å². The average Bonchev–Trinajstić information content (AvgIpc) is 2.80. The van der Waals surface area contributed by atoms with E-state index in [1.165, 1.54) is 4.57 Å². The number of ether oxygens (including phenoxy) is 1. The molecule has 4 rings (SSSR count). The van der Waals surface area contributed by atoms with Crippen LogP contribution in [0.2, 0.25) is 0 Å². The third-order valence-electron chi connectivity index (χ3n) is 4.98. The van der Waals surface area contributed by atoms with Crippen molar-refractivity contribution in [2.24, 2.45) is 0 Å². The third-order valence-corrected chi connectivity index (χ3v) is 4.98. The van der Waals surface area contributed by atoms with Gasteiger partial charge in [0.1, 0.15) is 5.75 Å². The van der Waals surface area contributed by atoms with Gasteiger partial charge >= 0.3 is 11.7 Å². The number of nitrogens with zero attached hydrogens (tertiary/aromatic N) is 4. The number of pyridine rings is 1. The number of nitrogens with one attached hydrogen (secondary N) is 2. The lowest BCUT2D eigenvalue weighted by Crippen LogP contribution is -2.32. The Kier molecular flexibility index (Phi) is 5.99. The lowest BCUT2D eigenvalue weighted by Gasteiger charge is -2.14. The summed E-state index contributed by atoms with van der Waals surface area (Å²) < 4.78 is 6.90. The van der Waals surface area contributed by atoms with Gasteiger partial charge in [-0.05, 0) is 49.2 Å². The Morgan fingerprint density at radius 3 is 2.48 bits per heavy atom. The summed E-state index contributed by atoms with van der Waals surface area (Å²) in [4.78, 5) is 52.8. The minimum Gasteiger partial charge on any atom is -0.424 e. The summed E-state index contributed by atoms with van der Waals surface area (Å²) in [6, 6.07) is 10.1. The molecular formula is C23H22N6O4. The van der Waals surface area contributed by atoms with Crippen LogP contribution < -0.4 is 21.3 Å². The Morgan fingerprint density at radius 2 is 1.85 bits per heavy atom. The van der Waals surface area contributed by atoms with E-state index in [2.05, 4.69) is 25.3 Å². The van der Waals surface area contributed by atoms with Gasteiger partial charge in [-0.3, -0.25) is 19.1 Å². The van der Waals surface area contributed by atoms with E-state index in [4.69, 9.17) is 4.74 Å². The van der Waals surface area contributed by atoms with Gasteiger partial charge in [0.2, 0.25) is 0 Å². The molecule has 0 spiro atoms. The summed E-state index contributed by atoms with van der Waals surface area (Å²) in [5.41, 5.74) is 0.218. The molecule has 0 saturated carbocycles. The van der Waals surface area contributed by atoms with Crippen LogP contribution in [0.25, 0.3) is 11.0 Å². The predicted octanol–water partition coefficient (Wildman–Crippen LogP) is 3.06. The van der Waals surface area contributed by atoms with E-state index in [0.29, 0.717) is 23.7 Å². The highest BCUT2D eigenvalue weighted by Crippen LogP contribution is 2.23. The number of aryl methyl sites for hydroxylation is 1. The number of anilines is 1. The van der Waals surface area contributed by atoms with Gasteiger partial charge in [0.05, 0.1) is 10.9 Å². The number of rotatable bonds is 6. The van der Waals surface area contributed by atoms with Crippen molar-refractivity contribution in [3.8, 4) is 11.8 Å². The zero-order chi connectivity index (χ0) is 23.5. The first-order chi connectivity index (χ1) is 15.9. The topological polar surface area (TPSA) is 132 Å². The van der Waals surface area contributed by atoms with E-state index < -0.39 is 17.2 Å². The maximum absolute atomic E-state index is 13.2. The number of aromatic amines is 1. The molecule has 0 aliphatic carbocycles. The first-order valence-electron chi connectivity index (χ1n) is 10.4. The van der Waals surface area contributed by atoms with Crippen LogP contribution in [0.3, 0.4) is 0 Å². The Balaban J connectivity index is 1.69. The summed E-state index contributed by atoms with van der Waals surface area (Å²) >= 11 is 0. The van der Waals surface area contributed by atoms with Gasteiger partial charge in [0, 0.05) is 30.3 Å². The highest BCUT2D eigenvalue weighted by atomic mass is 16.5. The number of carbonyl (C=O) groups is 1. The molecule has 3 heterocycles. The molecule has 10 heteroatoms. The number of hydrogen-bond donors (Lipinski definition) is 2. The second-order valence-electron chi connectivity index (χ2n) is 7.56. The summed E-state index contributed by atoms with van der Waals surface area (Å²) in [6.45, 7) is 5.92. The van der Waals surface area contributed by atoms with E-state index in [0.717, 1.165) is 0 Å². The highest BCUT2D eigenvalue weighted by molar-refractivity contribution is 6.11. The minimum absolute atomic E-state index is 0.0164. The quantitative estimate of drug-likeness (QED) is 0.465. The Labute approximate surface area is 188 Å². The number of amides is 1. The number of aromatic nitrogens is 5. The van der Waals surface area contributed by atoms with Crippen molar-refractivity contribution in [3.63, 3.8) is 0 Å². The van der Waals surface area contributed by atoms with Gasteiger partial charge < -0.3 is 10.1 Å². The number of carbonyl (C=O) groups excluding carboxylic acids is 1. The highest BCUT2D eigenvalue weighted by Gasteiger charge is 2.20. The SMILES string of the molecule is CCn1c(=O)[nH]c(=O)c2c(C(=O)Nc3ccc(Oc4ncccn4)cc3)cc(C(C)C)nc21. The van der Waals surface area contributed by atoms with E-state index in [1.807, 2.05) is 13.8 Å². The second kappa shape index (κ2) is 9.03. The lowest BCUT2D eigenvalue weighted by molar-refractivity contribution is 0.102. The molecule has 10 nitrogen and oxygen atoms in total. The maximum Gasteiger partial charge on any atom is 0.329 e. The van der Waals surface area contributed by atoms with Crippen LogP contribution in [0.5, 0.6) is 11.8 Å². The molecule has 0 atom stereocenters. The largest absolute Gasteiger partial charge is 0.424 e. The summed E-state index contributed by atoms with van der Waals surface area (Å²) in [6.07, 6.45) is 3.14. The van der Waals surface area contributed by atoms with Crippen molar-refractivity contribution in [2.75, 3.05) is 5.32 Å². The van der Waals surface area contributed by atoms with E-state index in [1.54, 1.807) is 55.7 Å². The average molecular weight is 446 g/mol. The molecule has 0 unspecified atom stereocenters. The molecular weight excluding hydrogens is 424 g/mol. The van der Waals surface area contributed by atoms with Crippen molar-refractivity contribution >= 4 is 22.6 Å². The smallest absolute Gasteiger partial charge is 0.329 e. The first kappa shape index (κ1) is 21.9. The fraction of sp³-hybridized carbons (Fsp3) is 0.217. The Bertz CT molecular complexity index is 1430. The molecule has 4 aromatic rings. The first-order valence-corrected chi connectivity index (χ1v) is 10.4. The maximum atomic E-state index is 13.2. The fourth-order valence-corrected chi connectivity index (χ4v) is 3.31. The lowest BCUT2D eigenvalue weighted by atomic mass is 10.0. The number of fused-ring (bicyclic) bond motifs is 1. The van der Waals surface area contributed by atoms with Gasteiger partial charge in [-0.15, -0.1) is 0 Å². The molecule has 0 radical (unpaired) electrons. The number of H-pyrrole nitrogens is 1. The molecule has 0 fully saturated rings. The number of hydrogen-bond acceptors (Lipinski definition) is 7. The van der Waals surface area contributed by atoms with Crippen LogP contribution >= 0.6 is 0 Å². The molecule has 0 bridgehead atoms. The molecule has 0 saturated heterocycles. The van der Waals surface area contributed by atoms with Crippen LogP contribution in [-0.2, 0) is 6.54 Å². The monoisotopic (exact) mass is 446 g/mol. The normalized spacial score (nSPS) is 11.0. The van der Waals surface area contributed by atoms with Crippen LogP contribution in [0.1, 0.15) is 42.7 Å². The van der Waals surface area contributed by atoms with Crippen molar-refractivity contribution in [1.29, 1.82) is 0 Å². The predicted molar refractivity (Wildman–Crippen MR) is 123 cm³/mol. The second-order valence-corrected chi connectivity index (χ2v) is 7.56. The number of benzene rings is 1. The Morgan fingerprint density at radius 1 is 1.15 bits per heavy atom. The molecule has 168 valence electrons. The molecule has 0 aliphatic rings. The zero-order valence-electron chi connectivity index (χ0n) is 18.3. The van der Waals surface area contributed by atoms with Gasteiger partial charge in [-0.1, -0.05) is 13.8 Å². The van der Waals surface area contributed by atoms with Crippen LogP contribution in [-0.4, -0.2) is 30.4 Å².